The molecule has 2 aliphatic rings. The van der Waals surface area contributed by atoms with Gasteiger partial charge < -0.3 is 14.6 Å². The SMILES string of the molecule is CCNC(=NCC1CCN(Cc2nc(C)c(C)o2)CC1)N1CC=C(c2ccccc2)CC1. The number of aromatic nitrogens is 1. The van der Waals surface area contributed by atoms with Gasteiger partial charge in [0.15, 0.2) is 5.96 Å². The first-order valence-electron chi connectivity index (χ1n) is 12.1. The number of aliphatic imine (C=N–C) groups is 1. The van der Waals surface area contributed by atoms with Gasteiger partial charge in [-0.2, -0.15) is 0 Å². The minimum atomic E-state index is 0.646. The summed E-state index contributed by atoms with van der Waals surface area (Å²) in [6, 6.07) is 10.7. The number of nitrogens with zero attached hydrogens (tertiary/aromatic N) is 4. The number of aryl methyl sites for hydroxylation is 2. The second kappa shape index (κ2) is 10.8. The molecule has 1 aromatic heterocycles. The Balaban J connectivity index is 1.28. The van der Waals surface area contributed by atoms with Crippen LogP contribution < -0.4 is 5.32 Å². The van der Waals surface area contributed by atoms with Gasteiger partial charge in [0.05, 0.1) is 12.2 Å². The summed E-state index contributed by atoms with van der Waals surface area (Å²) in [6.45, 7) is 12.9. The Morgan fingerprint density at radius 2 is 1.94 bits per heavy atom. The van der Waals surface area contributed by atoms with Crippen LogP contribution in [0, 0.1) is 19.8 Å². The van der Waals surface area contributed by atoms with E-state index in [4.69, 9.17) is 9.41 Å². The molecule has 3 heterocycles. The van der Waals surface area contributed by atoms with E-state index in [2.05, 4.69) is 63.4 Å². The van der Waals surface area contributed by atoms with Crippen molar-refractivity contribution in [1.82, 2.24) is 20.1 Å². The van der Waals surface area contributed by atoms with E-state index in [1.54, 1.807) is 0 Å². The van der Waals surface area contributed by atoms with Crippen LogP contribution >= 0.6 is 0 Å². The molecule has 6 heteroatoms. The highest BCUT2D eigenvalue weighted by Gasteiger charge is 2.22. The average Bonchev–Trinajstić information content (AvgIpc) is 3.15. The van der Waals surface area contributed by atoms with Gasteiger partial charge in [-0.15, -0.1) is 0 Å². The molecular formula is C26H37N5O. The molecule has 6 nitrogen and oxygen atoms in total. The van der Waals surface area contributed by atoms with Crippen molar-refractivity contribution in [3.63, 3.8) is 0 Å². The third kappa shape index (κ3) is 5.80. The van der Waals surface area contributed by atoms with Crippen molar-refractivity contribution in [2.45, 2.75) is 46.6 Å². The molecule has 2 aliphatic heterocycles. The lowest BCUT2D eigenvalue weighted by molar-refractivity contribution is 0.166. The fourth-order valence-electron chi connectivity index (χ4n) is 4.54. The van der Waals surface area contributed by atoms with Crippen molar-refractivity contribution in [2.75, 3.05) is 39.3 Å². The Bertz CT molecular complexity index is 905. The first-order chi connectivity index (χ1) is 15.6. The first-order valence-corrected chi connectivity index (χ1v) is 12.1. The number of benzene rings is 1. The van der Waals surface area contributed by atoms with Crippen molar-refractivity contribution in [1.29, 1.82) is 0 Å². The molecule has 0 amide bonds. The molecule has 4 rings (SSSR count). The van der Waals surface area contributed by atoms with Crippen molar-refractivity contribution in [3.8, 4) is 0 Å². The standard InChI is InChI=1S/C26H37N5O/c1-4-27-26(31-16-12-24(13-17-31)23-8-6-5-7-9-23)28-18-22-10-14-30(15-11-22)19-25-29-20(2)21(3)32-25/h5-9,12,22H,4,10-11,13-19H2,1-3H3,(H,27,28). The van der Waals surface area contributed by atoms with Crippen molar-refractivity contribution in [2.24, 2.45) is 10.9 Å². The quantitative estimate of drug-likeness (QED) is 0.543. The number of rotatable bonds is 6. The Hall–Kier alpha value is -2.60. The predicted molar refractivity (Wildman–Crippen MR) is 131 cm³/mol. The molecule has 2 aromatic rings. The molecule has 32 heavy (non-hydrogen) atoms. The zero-order chi connectivity index (χ0) is 22.3. The predicted octanol–water partition coefficient (Wildman–Crippen LogP) is 4.26. The van der Waals surface area contributed by atoms with Gasteiger partial charge in [0.2, 0.25) is 5.89 Å². The van der Waals surface area contributed by atoms with Crippen LogP contribution in [-0.4, -0.2) is 60.0 Å². The Kier molecular flexibility index (Phi) is 7.63. The maximum absolute atomic E-state index is 5.76. The van der Waals surface area contributed by atoms with Crippen LogP contribution in [0.4, 0.5) is 0 Å². The van der Waals surface area contributed by atoms with Gasteiger partial charge in [-0.3, -0.25) is 9.89 Å². The minimum Gasteiger partial charge on any atom is -0.444 e. The summed E-state index contributed by atoms with van der Waals surface area (Å²) >= 11 is 0. The van der Waals surface area contributed by atoms with Crippen LogP contribution in [0.2, 0.25) is 0 Å². The third-order valence-electron chi connectivity index (χ3n) is 6.63. The smallest absolute Gasteiger partial charge is 0.208 e. The summed E-state index contributed by atoms with van der Waals surface area (Å²) in [4.78, 5) is 14.4. The zero-order valence-corrected chi connectivity index (χ0v) is 19.8. The Morgan fingerprint density at radius 3 is 2.56 bits per heavy atom. The van der Waals surface area contributed by atoms with E-state index in [0.29, 0.717) is 5.92 Å². The number of hydrogen-bond donors (Lipinski definition) is 1. The van der Waals surface area contributed by atoms with Crippen molar-refractivity contribution in [3.05, 3.63) is 59.3 Å². The summed E-state index contributed by atoms with van der Waals surface area (Å²) in [5.41, 5.74) is 3.79. The number of oxazole rings is 1. The van der Waals surface area contributed by atoms with Gasteiger partial charge in [-0.1, -0.05) is 36.4 Å². The van der Waals surface area contributed by atoms with E-state index in [-0.39, 0.29) is 0 Å². The van der Waals surface area contributed by atoms with Gasteiger partial charge >= 0.3 is 0 Å². The second-order valence-electron chi connectivity index (χ2n) is 8.95. The number of likely N-dealkylation sites (tertiary alicyclic amines) is 1. The monoisotopic (exact) mass is 435 g/mol. The third-order valence-corrected chi connectivity index (χ3v) is 6.63. The minimum absolute atomic E-state index is 0.646. The van der Waals surface area contributed by atoms with E-state index >= 15 is 0 Å². The van der Waals surface area contributed by atoms with E-state index in [1.807, 2.05) is 13.8 Å². The van der Waals surface area contributed by atoms with Gasteiger partial charge in [0.25, 0.3) is 0 Å². The van der Waals surface area contributed by atoms with Gasteiger partial charge in [0, 0.05) is 26.2 Å². The fourth-order valence-corrected chi connectivity index (χ4v) is 4.54. The van der Waals surface area contributed by atoms with Crippen molar-refractivity contribution >= 4 is 11.5 Å². The molecule has 0 saturated carbocycles. The highest BCUT2D eigenvalue weighted by atomic mass is 16.4. The molecule has 0 atom stereocenters. The summed E-state index contributed by atoms with van der Waals surface area (Å²) in [5, 5.41) is 3.51. The fraction of sp³-hybridized carbons (Fsp3) is 0.538. The van der Waals surface area contributed by atoms with Crippen LogP contribution in [0.15, 0.2) is 45.8 Å². The molecule has 0 unspecified atom stereocenters. The first kappa shape index (κ1) is 22.6. The number of hydrogen-bond acceptors (Lipinski definition) is 4. The Labute approximate surface area is 192 Å². The van der Waals surface area contributed by atoms with Crippen LogP contribution in [0.25, 0.3) is 5.57 Å². The van der Waals surface area contributed by atoms with E-state index < -0.39 is 0 Å². The molecular weight excluding hydrogens is 398 g/mol. The molecule has 0 bridgehead atoms. The van der Waals surface area contributed by atoms with Crippen LogP contribution in [0.5, 0.6) is 0 Å². The second-order valence-corrected chi connectivity index (χ2v) is 8.95. The molecule has 0 aliphatic carbocycles. The molecule has 172 valence electrons. The summed E-state index contributed by atoms with van der Waals surface area (Å²) in [7, 11) is 0. The normalized spacial score (nSPS) is 18.7. The van der Waals surface area contributed by atoms with Gasteiger partial charge in [-0.05, 0) is 70.2 Å². The maximum atomic E-state index is 5.76. The summed E-state index contributed by atoms with van der Waals surface area (Å²) < 4.78 is 5.76. The molecule has 1 fully saturated rings. The summed E-state index contributed by atoms with van der Waals surface area (Å²) in [5.74, 6) is 3.49. The van der Waals surface area contributed by atoms with Crippen LogP contribution in [-0.2, 0) is 6.54 Å². The lowest BCUT2D eigenvalue weighted by Gasteiger charge is -2.32. The lowest BCUT2D eigenvalue weighted by atomic mass is 9.97. The van der Waals surface area contributed by atoms with E-state index in [9.17, 15) is 0 Å². The van der Waals surface area contributed by atoms with Crippen LogP contribution in [0.3, 0.4) is 0 Å². The Morgan fingerprint density at radius 1 is 1.16 bits per heavy atom. The van der Waals surface area contributed by atoms with Gasteiger partial charge in [0.1, 0.15) is 5.76 Å². The molecule has 0 radical (unpaired) electrons. The summed E-state index contributed by atoms with van der Waals surface area (Å²) in [6.07, 6.45) is 5.78. The zero-order valence-electron chi connectivity index (χ0n) is 19.8. The maximum Gasteiger partial charge on any atom is 0.208 e. The van der Waals surface area contributed by atoms with E-state index in [1.165, 1.54) is 24.0 Å². The van der Waals surface area contributed by atoms with Gasteiger partial charge in [-0.25, -0.2) is 4.98 Å². The van der Waals surface area contributed by atoms with E-state index in [0.717, 1.165) is 75.5 Å². The molecule has 1 aromatic carbocycles. The number of guanidine groups is 1. The molecule has 1 saturated heterocycles. The number of piperidine rings is 1. The highest BCUT2D eigenvalue weighted by Crippen LogP contribution is 2.23. The topological polar surface area (TPSA) is 56.9 Å². The lowest BCUT2D eigenvalue weighted by Crippen LogP contribution is -2.44. The van der Waals surface area contributed by atoms with Crippen LogP contribution in [0.1, 0.15) is 49.1 Å². The molecule has 0 spiro atoms. The largest absolute Gasteiger partial charge is 0.444 e. The highest BCUT2D eigenvalue weighted by molar-refractivity contribution is 5.81. The number of nitrogens with one attached hydrogen (secondary N) is 1. The average molecular weight is 436 g/mol. The van der Waals surface area contributed by atoms with Crippen molar-refractivity contribution < 1.29 is 4.42 Å². The molecule has 1 N–H and O–H groups in total.